The molecule has 2 aromatic carbocycles. The van der Waals surface area contributed by atoms with Crippen LogP contribution in [0.5, 0.6) is 0 Å². The summed E-state index contributed by atoms with van der Waals surface area (Å²) in [5.74, 6) is 0.417. The second kappa shape index (κ2) is 8.28. The highest BCUT2D eigenvalue weighted by Gasteiger charge is 2.16. The summed E-state index contributed by atoms with van der Waals surface area (Å²) in [5, 5.41) is 13.5. The smallest absolute Gasteiger partial charge is 0.257 e. The van der Waals surface area contributed by atoms with Gasteiger partial charge in [0.25, 0.3) is 5.91 Å². The minimum absolute atomic E-state index is 0.166. The Balaban J connectivity index is 1.54. The van der Waals surface area contributed by atoms with Crippen LogP contribution < -0.4 is 10.6 Å². The van der Waals surface area contributed by atoms with Crippen molar-refractivity contribution in [1.29, 1.82) is 0 Å². The number of aromatic nitrogens is 3. The monoisotopic (exact) mass is 439 g/mol. The van der Waals surface area contributed by atoms with Gasteiger partial charge in [0.05, 0.1) is 17.4 Å². The van der Waals surface area contributed by atoms with Crippen molar-refractivity contribution in [2.75, 3.05) is 10.6 Å². The number of amides is 1. The number of aryl methyl sites for hydroxylation is 2. The van der Waals surface area contributed by atoms with E-state index in [1.165, 1.54) is 0 Å². The summed E-state index contributed by atoms with van der Waals surface area (Å²) in [4.78, 5) is 17.9. The minimum atomic E-state index is -0.166. The van der Waals surface area contributed by atoms with Crippen LogP contribution in [0.15, 0.2) is 78.6 Å². The molecule has 1 amide bonds. The highest BCUT2D eigenvalue weighted by atomic mass is 32.1. The maximum absolute atomic E-state index is 13.2. The van der Waals surface area contributed by atoms with Crippen LogP contribution in [0.4, 0.5) is 17.2 Å². The lowest BCUT2D eigenvalue weighted by Gasteiger charge is -2.15. The summed E-state index contributed by atoms with van der Waals surface area (Å²) < 4.78 is 2.82. The maximum atomic E-state index is 13.2. The van der Waals surface area contributed by atoms with Gasteiger partial charge in [-0.15, -0.1) is 11.3 Å². The molecule has 7 heteroatoms. The average molecular weight is 440 g/mol. The SMILES string of the molecule is Cc1ccccc1Nc1ncc(-c2cnn(C)c2)cc1NC(=O)c1csc2ccccc12. The van der Waals surface area contributed by atoms with Crippen LogP contribution in [0, 0.1) is 6.92 Å². The number of hydrogen-bond donors (Lipinski definition) is 2. The Hall–Kier alpha value is -3.97. The zero-order valence-electron chi connectivity index (χ0n) is 17.7. The predicted molar refractivity (Wildman–Crippen MR) is 131 cm³/mol. The normalized spacial score (nSPS) is 10.9. The van der Waals surface area contributed by atoms with Crippen LogP contribution in [-0.2, 0) is 7.05 Å². The van der Waals surface area contributed by atoms with Gasteiger partial charge in [-0.25, -0.2) is 4.98 Å². The number of anilines is 3. The van der Waals surface area contributed by atoms with E-state index in [-0.39, 0.29) is 5.91 Å². The van der Waals surface area contributed by atoms with E-state index in [9.17, 15) is 4.79 Å². The number of nitrogens with zero attached hydrogens (tertiary/aromatic N) is 3. The van der Waals surface area contributed by atoms with Crippen LogP contribution in [0.1, 0.15) is 15.9 Å². The molecular formula is C25H21N5OS. The first-order chi connectivity index (χ1) is 15.6. The minimum Gasteiger partial charge on any atom is -0.338 e. The Morgan fingerprint density at radius 3 is 2.62 bits per heavy atom. The van der Waals surface area contributed by atoms with E-state index in [1.807, 2.05) is 80.1 Å². The number of fused-ring (bicyclic) bond motifs is 1. The largest absolute Gasteiger partial charge is 0.338 e. The molecule has 0 unspecified atom stereocenters. The first kappa shape index (κ1) is 20.0. The van der Waals surface area contributed by atoms with E-state index in [1.54, 1.807) is 28.4 Å². The summed E-state index contributed by atoms with van der Waals surface area (Å²) >= 11 is 1.56. The van der Waals surface area contributed by atoms with Crippen molar-refractivity contribution in [1.82, 2.24) is 14.8 Å². The maximum Gasteiger partial charge on any atom is 0.257 e. The average Bonchev–Trinajstić information content (AvgIpc) is 3.43. The first-order valence-electron chi connectivity index (χ1n) is 10.2. The second-order valence-electron chi connectivity index (χ2n) is 7.56. The lowest BCUT2D eigenvalue weighted by Crippen LogP contribution is -2.13. The summed E-state index contributed by atoms with van der Waals surface area (Å²) in [7, 11) is 1.87. The molecule has 6 nitrogen and oxygen atoms in total. The van der Waals surface area contributed by atoms with Gasteiger partial charge in [0, 0.05) is 51.7 Å². The molecule has 5 aromatic rings. The second-order valence-corrected chi connectivity index (χ2v) is 8.47. The molecule has 3 heterocycles. The van der Waals surface area contributed by atoms with Crippen LogP contribution in [0.25, 0.3) is 21.2 Å². The predicted octanol–water partition coefficient (Wildman–Crippen LogP) is 6.00. The van der Waals surface area contributed by atoms with Gasteiger partial charge in [-0.3, -0.25) is 9.48 Å². The molecule has 0 spiro atoms. The van der Waals surface area contributed by atoms with Crippen molar-refractivity contribution in [3.05, 3.63) is 89.7 Å². The quantitative estimate of drug-likeness (QED) is 0.352. The van der Waals surface area contributed by atoms with Crippen molar-refractivity contribution < 1.29 is 4.79 Å². The topological polar surface area (TPSA) is 71.8 Å². The molecule has 0 saturated carbocycles. The molecular weight excluding hydrogens is 418 g/mol. The Morgan fingerprint density at radius 1 is 1.00 bits per heavy atom. The zero-order valence-corrected chi connectivity index (χ0v) is 18.5. The third kappa shape index (κ3) is 3.86. The van der Waals surface area contributed by atoms with E-state index in [0.29, 0.717) is 17.1 Å². The molecule has 5 rings (SSSR count). The third-order valence-corrected chi connectivity index (χ3v) is 6.26. The lowest BCUT2D eigenvalue weighted by molar-refractivity contribution is 0.102. The fraction of sp³-hybridized carbons (Fsp3) is 0.0800. The standard InChI is InChI=1S/C25H21N5OS/c1-16-7-3-5-9-21(16)28-24-22(11-17(12-26-24)18-13-27-30(2)14-18)29-25(31)20-15-32-23-10-6-4-8-19(20)23/h3-15H,1-2H3,(H,26,28)(H,29,31). The number of carbonyl (C=O) groups excluding carboxylic acids is 1. The van der Waals surface area contributed by atoms with Gasteiger partial charge in [-0.2, -0.15) is 5.10 Å². The van der Waals surface area contributed by atoms with E-state index in [2.05, 4.69) is 20.7 Å². The summed E-state index contributed by atoms with van der Waals surface area (Å²) in [5.41, 5.74) is 5.09. The molecule has 0 atom stereocenters. The van der Waals surface area contributed by atoms with Gasteiger partial charge in [0.2, 0.25) is 0 Å². The van der Waals surface area contributed by atoms with Crippen LogP contribution in [0.3, 0.4) is 0 Å². The fourth-order valence-electron chi connectivity index (χ4n) is 3.57. The van der Waals surface area contributed by atoms with E-state index in [4.69, 9.17) is 0 Å². The lowest BCUT2D eigenvalue weighted by atomic mass is 10.1. The summed E-state index contributed by atoms with van der Waals surface area (Å²) in [6.07, 6.45) is 5.49. The van der Waals surface area contributed by atoms with Crippen molar-refractivity contribution in [3.63, 3.8) is 0 Å². The van der Waals surface area contributed by atoms with E-state index >= 15 is 0 Å². The van der Waals surface area contributed by atoms with Gasteiger partial charge in [0.15, 0.2) is 5.82 Å². The van der Waals surface area contributed by atoms with E-state index in [0.717, 1.165) is 32.5 Å². The van der Waals surface area contributed by atoms with Crippen LogP contribution in [0.2, 0.25) is 0 Å². The molecule has 0 aliphatic heterocycles. The number of nitrogens with one attached hydrogen (secondary N) is 2. The van der Waals surface area contributed by atoms with Gasteiger partial charge in [0.1, 0.15) is 0 Å². The van der Waals surface area contributed by atoms with Crippen molar-refractivity contribution >= 4 is 44.5 Å². The first-order valence-corrected chi connectivity index (χ1v) is 11.1. The number of carbonyl (C=O) groups is 1. The van der Waals surface area contributed by atoms with Gasteiger partial charge >= 0.3 is 0 Å². The number of thiophene rings is 1. The Kier molecular flexibility index (Phi) is 5.17. The molecule has 0 radical (unpaired) electrons. The Labute approximate surface area is 189 Å². The van der Waals surface area contributed by atoms with Gasteiger partial charge < -0.3 is 10.6 Å². The molecule has 0 aliphatic carbocycles. The summed E-state index contributed by atoms with van der Waals surface area (Å²) in [6.45, 7) is 2.03. The molecule has 32 heavy (non-hydrogen) atoms. The van der Waals surface area contributed by atoms with Crippen LogP contribution in [-0.4, -0.2) is 20.7 Å². The number of pyridine rings is 1. The molecule has 0 saturated heterocycles. The zero-order chi connectivity index (χ0) is 22.1. The molecule has 0 aliphatic rings. The number of benzene rings is 2. The highest BCUT2D eigenvalue weighted by molar-refractivity contribution is 7.17. The number of hydrogen-bond acceptors (Lipinski definition) is 5. The number of para-hydroxylation sites is 1. The van der Waals surface area contributed by atoms with Crippen molar-refractivity contribution in [2.45, 2.75) is 6.92 Å². The molecule has 2 N–H and O–H groups in total. The van der Waals surface area contributed by atoms with Crippen molar-refractivity contribution in [2.24, 2.45) is 7.05 Å². The fourth-order valence-corrected chi connectivity index (χ4v) is 4.51. The molecule has 3 aromatic heterocycles. The molecule has 0 bridgehead atoms. The van der Waals surface area contributed by atoms with Crippen LogP contribution >= 0.6 is 11.3 Å². The highest BCUT2D eigenvalue weighted by Crippen LogP contribution is 2.32. The van der Waals surface area contributed by atoms with Gasteiger partial charge in [-0.05, 0) is 30.7 Å². The van der Waals surface area contributed by atoms with E-state index < -0.39 is 0 Å². The third-order valence-electron chi connectivity index (χ3n) is 5.30. The Morgan fingerprint density at radius 2 is 1.81 bits per heavy atom. The number of rotatable bonds is 5. The van der Waals surface area contributed by atoms with Crippen molar-refractivity contribution in [3.8, 4) is 11.1 Å². The molecule has 0 fully saturated rings. The molecule has 158 valence electrons. The Bertz CT molecular complexity index is 1440. The van der Waals surface area contributed by atoms with Gasteiger partial charge in [-0.1, -0.05) is 36.4 Å². The summed E-state index contributed by atoms with van der Waals surface area (Å²) in [6, 6.07) is 17.8.